The van der Waals surface area contributed by atoms with E-state index in [1.54, 1.807) is 6.20 Å². The Labute approximate surface area is 124 Å². The standard InChI is InChI=1S/C16H19N5/c1-11-7-16-19-10-15(13(3)21(16)20-11)12(2)18-9-14-5-4-6-17-8-14/h4-8,10,12,18H,9H2,1-3H3/t12-/m1/s1. The molecule has 0 amide bonds. The summed E-state index contributed by atoms with van der Waals surface area (Å²) in [6.45, 7) is 6.99. The van der Waals surface area contributed by atoms with E-state index in [9.17, 15) is 0 Å². The van der Waals surface area contributed by atoms with Crippen molar-refractivity contribution in [2.45, 2.75) is 33.4 Å². The molecule has 0 aliphatic heterocycles. The number of nitrogens with zero attached hydrogens (tertiary/aromatic N) is 4. The van der Waals surface area contributed by atoms with Gasteiger partial charge in [-0.1, -0.05) is 6.07 Å². The summed E-state index contributed by atoms with van der Waals surface area (Å²) in [4.78, 5) is 8.62. The summed E-state index contributed by atoms with van der Waals surface area (Å²) in [7, 11) is 0. The Kier molecular flexibility index (Phi) is 3.66. The highest BCUT2D eigenvalue weighted by molar-refractivity contribution is 5.42. The van der Waals surface area contributed by atoms with Crippen molar-refractivity contribution in [3.05, 3.63) is 59.3 Å². The predicted octanol–water partition coefficient (Wildman–Crippen LogP) is 2.59. The van der Waals surface area contributed by atoms with Crippen LogP contribution in [0.25, 0.3) is 5.65 Å². The molecule has 0 saturated heterocycles. The minimum atomic E-state index is 0.201. The molecule has 0 aliphatic rings. The van der Waals surface area contributed by atoms with Crippen molar-refractivity contribution < 1.29 is 0 Å². The Hall–Kier alpha value is -2.27. The molecule has 1 atom stereocenters. The van der Waals surface area contributed by atoms with Crippen LogP contribution in [0.4, 0.5) is 0 Å². The number of rotatable bonds is 4. The SMILES string of the molecule is Cc1cc2ncc([C@@H](C)NCc3cccnc3)c(C)n2n1. The van der Waals surface area contributed by atoms with Gasteiger partial charge in [0.05, 0.1) is 5.69 Å². The van der Waals surface area contributed by atoms with E-state index in [1.165, 1.54) is 5.56 Å². The van der Waals surface area contributed by atoms with Crippen LogP contribution in [0.15, 0.2) is 36.8 Å². The lowest BCUT2D eigenvalue weighted by Crippen LogP contribution is -2.20. The maximum absolute atomic E-state index is 4.49. The lowest BCUT2D eigenvalue weighted by Gasteiger charge is -2.16. The van der Waals surface area contributed by atoms with Gasteiger partial charge in [-0.15, -0.1) is 0 Å². The van der Waals surface area contributed by atoms with Crippen LogP contribution in [0.3, 0.4) is 0 Å². The highest BCUT2D eigenvalue weighted by atomic mass is 15.3. The minimum Gasteiger partial charge on any atom is -0.306 e. The fourth-order valence-corrected chi connectivity index (χ4v) is 2.48. The smallest absolute Gasteiger partial charge is 0.155 e. The van der Waals surface area contributed by atoms with Crippen molar-refractivity contribution >= 4 is 5.65 Å². The fourth-order valence-electron chi connectivity index (χ4n) is 2.48. The Morgan fingerprint density at radius 2 is 2.14 bits per heavy atom. The first-order valence-corrected chi connectivity index (χ1v) is 7.09. The first kappa shape index (κ1) is 13.7. The summed E-state index contributed by atoms with van der Waals surface area (Å²) in [5.41, 5.74) is 5.34. The van der Waals surface area contributed by atoms with Gasteiger partial charge in [0, 0.05) is 48.5 Å². The average molecular weight is 281 g/mol. The Morgan fingerprint density at radius 3 is 2.90 bits per heavy atom. The van der Waals surface area contributed by atoms with Gasteiger partial charge in [0.2, 0.25) is 0 Å². The lowest BCUT2D eigenvalue weighted by atomic mass is 10.1. The van der Waals surface area contributed by atoms with Crippen molar-refractivity contribution in [1.29, 1.82) is 0 Å². The first-order valence-electron chi connectivity index (χ1n) is 7.09. The number of aromatic nitrogens is 4. The van der Waals surface area contributed by atoms with Crippen LogP contribution in [0.5, 0.6) is 0 Å². The molecule has 5 nitrogen and oxygen atoms in total. The van der Waals surface area contributed by atoms with Gasteiger partial charge in [-0.25, -0.2) is 9.50 Å². The molecule has 0 radical (unpaired) electrons. The summed E-state index contributed by atoms with van der Waals surface area (Å²) < 4.78 is 1.91. The monoisotopic (exact) mass is 281 g/mol. The molecule has 0 aliphatic carbocycles. The summed E-state index contributed by atoms with van der Waals surface area (Å²) in [5, 5.41) is 8.00. The van der Waals surface area contributed by atoms with Gasteiger partial charge < -0.3 is 5.32 Å². The second-order valence-electron chi connectivity index (χ2n) is 5.32. The van der Waals surface area contributed by atoms with Crippen LogP contribution in [-0.4, -0.2) is 19.6 Å². The zero-order valence-corrected chi connectivity index (χ0v) is 12.5. The third-order valence-electron chi connectivity index (χ3n) is 3.69. The normalized spacial score (nSPS) is 12.7. The van der Waals surface area contributed by atoms with E-state index in [0.717, 1.165) is 29.1 Å². The van der Waals surface area contributed by atoms with Crippen molar-refractivity contribution in [2.75, 3.05) is 0 Å². The Balaban J connectivity index is 1.81. The topological polar surface area (TPSA) is 55.1 Å². The zero-order valence-electron chi connectivity index (χ0n) is 12.5. The Bertz CT molecular complexity index is 748. The molecule has 3 heterocycles. The van der Waals surface area contributed by atoms with Crippen molar-refractivity contribution in [3.8, 4) is 0 Å². The van der Waals surface area contributed by atoms with E-state index < -0.39 is 0 Å². The van der Waals surface area contributed by atoms with Gasteiger partial charge in [0.1, 0.15) is 0 Å². The molecule has 0 spiro atoms. The van der Waals surface area contributed by atoms with E-state index in [1.807, 2.05) is 36.0 Å². The van der Waals surface area contributed by atoms with E-state index in [0.29, 0.717) is 0 Å². The predicted molar refractivity (Wildman–Crippen MR) is 82.0 cm³/mol. The largest absolute Gasteiger partial charge is 0.306 e. The van der Waals surface area contributed by atoms with Crippen molar-refractivity contribution in [3.63, 3.8) is 0 Å². The third kappa shape index (κ3) is 2.78. The number of pyridine rings is 1. The summed E-state index contributed by atoms with van der Waals surface area (Å²) in [6.07, 6.45) is 5.60. The molecule has 0 bridgehead atoms. The van der Waals surface area contributed by atoms with Crippen LogP contribution in [0, 0.1) is 13.8 Å². The summed E-state index contributed by atoms with van der Waals surface area (Å²) in [5.74, 6) is 0. The second-order valence-corrected chi connectivity index (χ2v) is 5.32. The fraction of sp³-hybridized carbons (Fsp3) is 0.312. The van der Waals surface area contributed by atoms with E-state index in [2.05, 4.69) is 40.3 Å². The van der Waals surface area contributed by atoms with Gasteiger partial charge in [-0.2, -0.15) is 5.10 Å². The molecule has 3 aromatic heterocycles. The van der Waals surface area contributed by atoms with Gasteiger partial charge >= 0.3 is 0 Å². The molecule has 21 heavy (non-hydrogen) atoms. The van der Waals surface area contributed by atoms with Crippen molar-refractivity contribution in [1.82, 2.24) is 24.9 Å². The van der Waals surface area contributed by atoms with E-state index in [4.69, 9.17) is 0 Å². The highest BCUT2D eigenvalue weighted by Crippen LogP contribution is 2.18. The molecule has 3 aromatic rings. The molecule has 0 aromatic carbocycles. The lowest BCUT2D eigenvalue weighted by molar-refractivity contribution is 0.564. The number of fused-ring (bicyclic) bond motifs is 1. The van der Waals surface area contributed by atoms with E-state index in [-0.39, 0.29) is 6.04 Å². The van der Waals surface area contributed by atoms with Crippen LogP contribution in [0.2, 0.25) is 0 Å². The van der Waals surface area contributed by atoms with Crippen molar-refractivity contribution in [2.24, 2.45) is 0 Å². The van der Waals surface area contributed by atoms with Crippen LogP contribution < -0.4 is 5.32 Å². The number of hydrogen-bond acceptors (Lipinski definition) is 4. The number of hydrogen-bond donors (Lipinski definition) is 1. The van der Waals surface area contributed by atoms with Crippen LogP contribution >= 0.6 is 0 Å². The molecule has 0 saturated carbocycles. The molecule has 0 fully saturated rings. The molecule has 3 rings (SSSR count). The minimum absolute atomic E-state index is 0.201. The first-order chi connectivity index (χ1) is 10.1. The molecule has 0 unspecified atom stereocenters. The summed E-state index contributed by atoms with van der Waals surface area (Å²) >= 11 is 0. The van der Waals surface area contributed by atoms with Crippen LogP contribution in [-0.2, 0) is 6.54 Å². The molecule has 5 heteroatoms. The third-order valence-corrected chi connectivity index (χ3v) is 3.69. The number of aryl methyl sites for hydroxylation is 2. The molecular formula is C16H19N5. The van der Waals surface area contributed by atoms with Gasteiger partial charge in [-0.3, -0.25) is 4.98 Å². The zero-order chi connectivity index (χ0) is 14.8. The van der Waals surface area contributed by atoms with Crippen LogP contribution in [0.1, 0.15) is 35.5 Å². The summed E-state index contributed by atoms with van der Waals surface area (Å²) in [6, 6.07) is 6.21. The second kappa shape index (κ2) is 5.61. The van der Waals surface area contributed by atoms with Gasteiger partial charge in [-0.05, 0) is 32.4 Å². The molecule has 108 valence electrons. The number of nitrogens with one attached hydrogen (secondary N) is 1. The average Bonchev–Trinajstić information content (AvgIpc) is 2.88. The van der Waals surface area contributed by atoms with Gasteiger partial charge in [0.15, 0.2) is 5.65 Å². The quantitative estimate of drug-likeness (QED) is 0.798. The van der Waals surface area contributed by atoms with Gasteiger partial charge in [0.25, 0.3) is 0 Å². The maximum Gasteiger partial charge on any atom is 0.155 e. The Morgan fingerprint density at radius 1 is 1.29 bits per heavy atom. The maximum atomic E-state index is 4.49. The highest BCUT2D eigenvalue weighted by Gasteiger charge is 2.12. The molecule has 1 N–H and O–H groups in total. The molecular weight excluding hydrogens is 262 g/mol. The van der Waals surface area contributed by atoms with E-state index >= 15 is 0 Å².